The van der Waals surface area contributed by atoms with Crippen molar-refractivity contribution in [2.45, 2.75) is 25.8 Å². The van der Waals surface area contributed by atoms with Gasteiger partial charge in [-0.15, -0.1) is 0 Å². The van der Waals surface area contributed by atoms with Gasteiger partial charge in [-0.05, 0) is 37.8 Å². The van der Waals surface area contributed by atoms with Crippen molar-refractivity contribution in [2.24, 2.45) is 5.92 Å². The number of hydrogen-bond donors (Lipinski definition) is 2. The Bertz CT molecular complexity index is 1130. The molecule has 1 saturated carbocycles. The van der Waals surface area contributed by atoms with E-state index in [4.69, 9.17) is 11.6 Å². The fraction of sp³-hybridized carbons (Fsp3) is 0.316. The summed E-state index contributed by atoms with van der Waals surface area (Å²) < 4.78 is 24.4. The third-order valence-corrected chi connectivity index (χ3v) is 5.88. The van der Waals surface area contributed by atoms with Gasteiger partial charge in [-0.25, -0.2) is 4.98 Å². The molecule has 2 N–H and O–H groups in total. The first-order valence-electron chi connectivity index (χ1n) is 9.20. The maximum Gasteiger partial charge on any atom is 0.253 e. The van der Waals surface area contributed by atoms with Gasteiger partial charge in [0.05, 0.1) is 16.6 Å². The molecule has 29 heavy (non-hydrogen) atoms. The summed E-state index contributed by atoms with van der Waals surface area (Å²) in [6.45, 7) is 2.22. The molecule has 8 nitrogen and oxygen atoms in total. The highest BCUT2D eigenvalue weighted by Crippen LogP contribution is 2.31. The number of nitrogens with one attached hydrogen (secondary N) is 2. The molecule has 4 rings (SSSR count). The lowest BCUT2D eigenvalue weighted by Gasteiger charge is -2.25. The normalized spacial score (nSPS) is 15.8. The van der Waals surface area contributed by atoms with Crippen molar-refractivity contribution in [1.29, 1.82) is 0 Å². The maximum absolute atomic E-state index is 12.5. The van der Waals surface area contributed by atoms with Crippen LogP contribution >= 0.6 is 11.6 Å². The summed E-state index contributed by atoms with van der Waals surface area (Å²) in [7, 11) is 0. The number of para-hydroxylation sites is 1. The van der Waals surface area contributed by atoms with Crippen molar-refractivity contribution in [3.05, 3.63) is 57.5 Å². The van der Waals surface area contributed by atoms with Crippen molar-refractivity contribution in [1.82, 2.24) is 15.0 Å². The van der Waals surface area contributed by atoms with Gasteiger partial charge in [0.2, 0.25) is 5.95 Å². The molecule has 1 aliphatic rings. The Morgan fingerprint density at radius 1 is 1.41 bits per heavy atom. The van der Waals surface area contributed by atoms with Crippen molar-refractivity contribution >= 4 is 45.5 Å². The number of aromatic amines is 1. The lowest BCUT2D eigenvalue weighted by atomic mass is 10.1. The molecule has 2 aromatic heterocycles. The van der Waals surface area contributed by atoms with E-state index in [1.165, 1.54) is 10.5 Å². The Balaban J connectivity index is 1.59. The van der Waals surface area contributed by atoms with Gasteiger partial charge < -0.3 is 14.9 Å². The molecule has 152 valence electrons. The van der Waals surface area contributed by atoms with E-state index < -0.39 is 17.3 Å². The van der Waals surface area contributed by atoms with E-state index in [1.807, 2.05) is 19.1 Å². The molecule has 1 aliphatic carbocycles. The van der Waals surface area contributed by atoms with Crippen molar-refractivity contribution < 1.29 is 8.76 Å². The Labute approximate surface area is 174 Å². The van der Waals surface area contributed by atoms with Gasteiger partial charge in [0.1, 0.15) is 5.82 Å². The van der Waals surface area contributed by atoms with Crippen molar-refractivity contribution in [2.75, 3.05) is 16.2 Å². The topological polar surface area (TPSA) is 114 Å². The number of hydrogen-bond acceptors (Lipinski definition) is 6. The summed E-state index contributed by atoms with van der Waals surface area (Å²) in [4.78, 5) is 23.8. The minimum atomic E-state index is -2.42. The van der Waals surface area contributed by atoms with Gasteiger partial charge in [0.15, 0.2) is 0 Å². The number of benzene rings is 1. The second kappa shape index (κ2) is 8.10. The number of anilines is 2. The van der Waals surface area contributed by atoms with Crippen LogP contribution in [0.25, 0.3) is 10.9 Å². The van der Waals surface area contributed by atoms with Crippen LogP contribution in [-0.2, 0) is 11.3 Å². The van der Waals surface area contributed by atoms with Crippen molar-refractivity contribution in [3.8, 4) is 0 Å². The minimum absolute atomic E-state index is 0.242. The molecular formula is C19H19ClN5O3S-. The van der Waals surface area contributed by atoms with Crippen LogP contribution in [0.3, 0.4) is 0 Å². The lowest BCUT2D eigenvalue weighted by Crippen LogP contribution is -2.29. The van der Waals surface area contributed by atoms with Gasteiger partial charge in [-0.1, -0.05) is 23.7 Å². The molecule has 2 heterocycles. The predicted molar refractivity (Wildman–Crippen MR) is 113 cm³/mol. The molecule has 0 aliphatic heterocycles. The first kappa shape index (κ1) is 19.8. The summed E-state index contributed by atoms with van der Waals surface area (Å²) in [5.74, 6) is 0.919. The summed E-state index contributed by atoms with van der Waals surface area (Å²) >= 11 is 3.73. The Morgan fingerprint density at radius 3 is 2.93 bits per heavy atom. The van der Waals surface area contributed by atoms with Crippen LogP contribution < -0.4 is 15.2 Å². The minimum Gasteiger partial charge on any atom is -0.755 e. The monoisotopic (exact) mass is 432 g/mol. The number of H-pyrrole nitrogens is 1. The quantitative estimate of drug-likeness (QED) is 0.554. The highest BCUT2D eigenvalue weighted by atomic mass is 35.5. The van der Waals surface area contributed by atoms with Gasteiger partial charge in [0, 0.05) is 41.0 Å². The van der Waals surface area contributed by atoms with Crippen molar-refractivity contribution in [3.63, 3.8) is 0 Å². The van der Waals surface area contributed by atoms with Gasteiger partial charge in [-0.2, -0.15) is 4.98 Å². The predicted octanol–water partition coefficient (Wildman–Crippen LogP) is 3.16. The van der Waals surface area contributed by atoms with Crippen LogP contribution in [0.4, 0.5) is 11.8 Å². The number of rotatable bonds is 7. The highest BCUT2D eigenvalue weighted by molar-refractivity contribution is 7.80. The van der Waals surface area contributed by atoms with E-state index in [2.05, 4.69) is 20.3 Å². The number of aromatic nitrogens is 3. The van der Waals surface area contributed by atoms with Crippen LogP contribution in [0.1, 0.15) is 31.4 Å². The second-order valence-electron chi connectivity index (χ2n) is 7.08. The molecule has 0 saturated heterocycles. The van der Waals surface area contributed by atoms with E-state index in [0.29, 0.717) is 34.4 Å². The van der Waals surface area contributed by atoms with E-state index in [-0.39, 0.29) is 11.5 Å². The fourth-order valence-electron chi connectivity index (χ4n) is 3.13. The van der Waals surface area contributed by atoms with E-state index in [9.17, 15) is 13.6 Å². The zero-order valence-corrected chi connectivity index (χ0v) is 17.2. The molecule has 10 heteroatoms. The van der Waals surface area contributed by atoms with Gasteiger partial charge in [-0.3, -0.25) is 13.3 Å². The largest absolute Gasteiger partial charge is 0.755 e. The van der Waals surface area contributed by atoms with Crippen LogP contribution in [0.5, 0.6) is 0 Å². The maximum atomic E-state index is 12.5. The average Bonchev–Trinajstić information content (AvgIpc) is 3.50. The Kier molecular flexibility index (Phi) is 5.53. The second-order valence-corrected chi connectivity index (χ2v) is 8.37. The van der Waals surface area contributed by atoms with Crippen LogP contribution in [0.15, 0.2) is 41.3 Å². The Hall–Kier alpha value is -2.49. The summed E-state index contributed by atoms with van der Waals surface area (Å²) in [5, 5.41) is 4.37. The molecular weight excluding hydrogens is 414 g/mol. The molecule has 1 fully saturated rings. The van der Waals surface area contributed by atoms with Gasteiger partial charge >= 0.3 is 0 Å². The Morgan fingerprint density at radius 2 is 2.21 bits per heavy atom. The number of halogens is 1. The zero-order valence-electron chi connectivity index (χ0n) is 15.6. The van der Waals surface area contributed by atoms with E-state index in [1.54, 1.807) is 18.2 Å². The molecule has 0 spiro atoms. The molecule has 0 radical (unpaired) electrons. The third kappa shape index (κ3) is 4.42. The van der Waals surface area contributed by atoms with Crippen LogP contribution in [0.2, 0.25) is 5.02 Å². The highest BCUT2D eigenvalue weighted by Gasteiger charge is 2.26. The molecule has 0 bridgehead atoms. The van der Waals surface area contributed by atoms with Gasteiger partial charge in [0.25, 0.3) is 5.56 Å². The fourth-order valence-corrected chi connectivity index (χ4v) is 3.94. The lowest BCUT2D eigenvalue weighted by molar-refractivity contribution is 0.529. The SMILES string of the molecule is C[C@H](Nc1nccc(N(CC2CC2)S(=O)[O-])n1)c1cc2cccc(Cl)c2[nH]c1=O. The molecule has 3 aromatic rings. The smallest absolute Gasteiger partial charge is 0.253 e. The standard InChI is InChI=1S/C19H20ClN5O3S/c1-11(14-9-13-3-2-4-15(20)17(13)24-18(14)26)22-19-21-8-7-16(23-19)25(29(27)28)10-12-5-6-12/h2-4,7-9,11-12H,5-6,10H2,1H3,(H,24,26)(H,27,28)(H,21,22,23)/p-1/t11-/m0/s1. The first-order valence-corrected chi connectivity index (χ1v) is 10.6. The molecule has 1 unspecified atom stereocenters. The number of fused-ring (bicyclic) bond motifs is 1. The third-order valence-electron chi connectivity index (χ3n) is 4.87. The summed E-state index contributed by atoms with van der Waals surface area (Å²) in [6, 6.07) is 8.31. The summed E-state index contributed by atoms with van der Waals surface area (Å²) in [6.07, 6.45) is 3.54. The molecule has 1 aromatic carbocycles. The molecule has 2 atom stereocenters. The van der Waals surface area contributed by atoms with E-state index in [0.717, 1.165) is 18.2 Å². The summed E-state index contributed by atoms with van der Waals surface area (Å²) in [5.41, 5.74) is 0.816. The zero-order chi connectivity index (χ0) is 20.5. The molecule has 0 amide bonds. The number of pyridine rings is 1. The first-order chi connectivity index (χ1) is 13.9. The van der Waals surface area contributed by atoms with Crippen LogP contribution in [-0.4, -0.2) is 30.3 Å². The number of nitrogens with zero attached hydrogens (tertiary/aromatic N) is 3. The van der Waals surface area contributed by atoms with Crippen LogP contribution in [0, 0.1) is 5.92 Å². The average molecular weight is 433 g/mol. The van der Waals surface area contributed by atoms with E-state index >= 15 is 0 Å².